The van der Waals surface area contributed by atoms with E-state index in [1.165, 1.54) is 12.4 Å². The summed E-state index contributed by atoms with van der Waals surface area (Å²) in [5.41, 5.74) is 2.09. The number of rotatable bonds is 1. The Bertz CT molecular complexity index is 564. The highest BCUT2D eigenvalue weighted by Crippen LogP contribution is 2.18. The molecule has 0 aliphatic rings. The van der Waals surface area contributed by atoms with Gasteiger partial charge in [-0.25, -0.2) is 4.79 Å². The molecule has 0 aliphatic heterocycles. The van der Waals surface area contributed by atoms with Gasteiger partial charge in [-0.05, 0) is 17.7 Å². The largest absolute Gasteiger partial charge is 0.463 e. The number of hydrogen-bond acceptors (Lipinski definition) is 3. The Morgan fingerprint density at radius 1 is 1.31 bits per heavy atom. The van der Waals surface area contributed by atoms with Crippen molar-refractivity contribution in [3.63, 3.8) is 0 Å². The highest BCUT2D eigenvalue weighted by molar-refractivity contribution is 5.70. The highest BCUT2D eigenvalue weighted by atomic mass is 16.4. The molecular formula is C11H7N3O2. The predicted molar refractivity (Wildman–Crippen MR) is 55.8 cm³/mol. The van der Waals surface area contributed by atoms with Crippen molar-refractivity contribution in [2.24, 2.45) is 0 Å². The summed E-state index contributed by atoms with van der Waals surface area (Å²) in [6.07, 6.45) is 1.76. The van der Waals surface area contributed by atoms with Crippen LogP contribution in [0.4, 0.5) is 4.79 Å². The van der Waals surface area contributed by atoms with Crippen LogP contribution >= 0.6 is 0 Å². The molecule has 0 atom stereocenters. The highest BCUT2D eigenvalue weighted by Gasteiger charge is 2.05. The summed E-state index contributed by atoms with van der Waals surface area (Å²) in [6.45, 7) is 0. The van der Waals surface area contributed by atoms with Crippen LogP contribution in [0, 0.1) is 11.3 Å². The van der Waals surface area contributed by atoms with Crippen LogP contribution in [0.15, 0.2) is 36.7 Å². The van der Waals surface area contributed by atoms with Gasteiger partial charge in [0.2, 0.25) is 0 Å². The second kappa shape index (κ2) is 3.87. The van der Waals surface area contributed by atoms with Crippen molar-refractivity contribution in [3.8, 4) is 17.2 Å². The van der Waals surface area contributed by atoms with Gasteiger partial charge in [0.05, 0.1) is 17.8 Å². The molecule has 1 aromatic heterocycles. The molecule has 0 amide bonds. The van der Waals surface area contributed by atoms with Gasteiger partial charge in [-0.2, -0.15) is 15.0 Å². The summed E-state index contributed by atoms with van der Waals surface area (Å²) in [7, 11) is 0. The Morgan fingerprint density at radius 3 is 2.50 bits per heavy atom. The van der Waals surface area contributed by atoms with E-state index in [-0.39, 0.29) is 0 Å². The minimum atomic E-state index is -1.13. The summed E-state index contributed by atoms with van der Waals surface area (Å²) < 4.78 is 0.841. The zero-order valence-corrected chi connectivity index (χ0v) is 8.16. The van der Waals surface area contributed by atoms with E-state index in [0.717, 1.165) is 10.2 Å². The van der Waals surface area contributed by atoms with Gasteiger partial charge in [0.1, 0.15) is 0 Å². The van der Waals surface area contributed by atoms with E-state index in [4.69, 9.17) is 10.4 Å². The summed E-state index contributed by atoms with van der Waals surface area (Å²) in [4.78, 5) is 10.6. The molecular weight excluding hydrogens is 206 g/mol. The van der Waals surface area contributed by atoms with Crippen LogP contribution in [0.25, 0.3) is 11.1 Å². The van der Waals surface area contributed by atoms with Crippen LogP contribution in [0.5, 0.6) is 0 Å². The van der Waals surface area contributed by atoms with Gasteiger partial charge in [-0.1, -0.05) is 12.1 Å². The fourth-order valence-electron chi connectivity index (χ4n) is 1.31. The molecule has 0 saturated carbocycles. The topological polar surface area (TPSA) is 78.9 Å². The maximum absolute atomic E-state index is 10.6. The standard InChI is InChI=1S/C11H7N3O2/c12-5-8-1-3-9(4-2-8)10-6-13-14(7-10)11(15)16/h1-4,6-7H,(H,15,16). The Kier molecular flexibility index (Phi) is 2.40. The molecule has 78 valence electrons. The van der Waals surface area contributed by atoms with E-state index in [1.54, 1.807) is 24.3 Å². The Labute approximate surface area is 91.2 Å². The lowest BCUT2D eigenvalue weighted by Gasteiger charge is -1.95. The monoisotopic (exact) mass is 213 g/mol. The second-order valence-corrected chi connectivity index (χ2v) is 3.15. The van der Waals surface area contributed by atoms with E-state index in [0.29, 0.717) is 11.1 Å². The van der Waals surface area contributed by atoms with E-state index in [1.807, 2.05) is 6.07 Å². The third-order valence-corrected chi connectivity index (χ3v) is 2.13. The molecule has 16 heavy (non-hydrogen) atoms. The molecule has 1 aromatic carbocycles. The summed E-state index contributed by atoms with van der Waals surface area (Å²) in [5, 5.41) is 21.0. The number of hydrogen-bond donors (Lipinski definition) is 1. The molecule has 1 heterocycles. The number of nitriles is 1. The van der Waals surface area contributed by atoms with E-state index in [9.17, 15) is 4.79 Å². The molecule has 0 spiro atoms. The van der Waals surface area contributed by atoms with Crippen molar-refractivity contribution in [2.75, 3.05) is 0 Å². The molecule has 0 fully saturated rings. The van der Waals surface area contributed by atoms with Crippen molar-refractivity contribution < 1.29 is 9.90 Å². The zero-order chi connectivity index (χ0) is 11.5. The number of nitrogens with zero attached hydrogens (tertiary/aromatic N) is 3. The van der Waals surface area contributed by atoms with Crippen LogP contribution in [0.1, 0.15) is 5.56 Å². The van der Waals surface area contributed by atoms with Crippen molar-refractivity contribution >= 4 is 6.09 Å². The maximum Gasteiger partial charge on any atom is 0.432 e. The lowest BCUT2D eigenvalue weighted by molar-refractivity contribution is 0.192. The normalized spacial score (nSPS) is 9.69. The van der Waals surface area contributed by atoms with Crippen LogP contribution in [-0.2, 0) is 0 Å². The van der Waals surface area contributed by atoms with Crippen molar-refractivity contribution in [2.45, 2.75) is 0 Å². The van der Waals surface area contributed by atoms with Crippen molar-refractivity contribution in [1.82, 2.24) is 9.78 Å². The summed E-state index contributed by atoms with van der Waals surface area (Å²) in [6, 6.07) is 8.87. The van der Waals surface area contributed by atoms with Gasteiger partial charge in [-0.15, -0.1) is 0 Å². The molecule has 2 rings (SSSR count). The van der Waals surface area contributed by atoms with Gasteiger partial charge in [0.15, 0.2) is 0 Å². The molecule has 0 radical (unpaired) electrons. The molecule has 0 bridgehead atoms. The number of carbonyl (C=O) groups is 1. The van der Waals surface area contributed by atoms with Crippen LogP contribution in [0.3, 0.4) is 0 Å². The smallest absolute Gasteiger partial charge is 0.432 e. The first-order valence-electron chi connectivity index (χ1n) is 4.49. The van der Waals surface area contributed by atoms with Crippen LogP contribution < -0.4 is 0 Å². The lowest BCUT2D eigenvalue weighted by atomic mass is 10.1. The SMILES string of the molecule is N#Cc1ccc(-c2cnn(C(=O)O)c2)cc1. The second-order valence-electron chi connectivity index (χ2n) is 3.15. The van der Waals surface area contributed by atoms with Crippen LogP contribution in [0.2, 0.25) is 0 Å². The predicted octanol–water partition coefficient (Wildman–Crippen LogP) is 1.95. The Balaban J connectivity index is 2.36. The number of carboxylic acid groups (broad SMARTS) is 1. The van der Waals surface area contributed by atoms with Crippen molar-refractivity contribution in [1.29, 1.82) is 5.26 Å². The zero-order valence-electron chi connectivity index (χ0n) is 8.16. The average molecular weight is 213 g/mol. The first kappa shape index (κ1) is 9.93. The first-order valence-corrected chi connectivity index (χ1v) is 4.49. The minimum Gasteiger partial charge on any atom is -0.463 e. The molecule has 2 aromatic rings. The maximum atomic E-state index is 10.6. The first-order chi connectivity index (χ1) is 7.70. The molecule has 0 saturated heterocycles. The molecule has 5 nitrogen and oxygen atoms in total. The van der Waals surface area contributed by atoms with E-state index in [2.05, 4.69) is 5.10 Å². The van der Waals surface area contributed by atoms with Gasteiger partial charge in [0, 0.05) is 11.8 Å². The van der Waals surface area contributed by atoms with E-state index < -0.39 is 6.09 Å². The van der Waals surface area contributed by atoms with Gasteiger partial charge >= 0.3 is 6.09 Å². The fourth-order valence-corrected chi connectivity index (χ4v) is 1.31. The molecule has 0 unspecified atom stereocenters. The quantitative estimate of drug-likeness (QED) is 0.785. The number of aromatic nitrogens is 2. The molecule has 1 N–H and O–H groups in total. The Hall–Kier alpha value is -2.61. The van der Waals surface area contributed by atoms with E-state index >= 15 is 0 Å². The third-order valence-electron chi connectivity index (χ3n) is 2.13. The average Bonchev–Trinajstić information content (AvgIpc) is 2.78. The Morgan fingerprint density at radius 2 is 2.00 bits per heavy atom. The molecule has 5 heteroatoms. The van der Waals surface area contributed by atoms with Gasteiger partial charge < -0.3 is 5.11 Å². The summed E-state index contributed by atoms with van der Waals surface area (Å²) >= 11 is 0. The summed E-state index contributed by atoms with van der Waals surface area (Å²) in [5.74, 6) is 0. The number of benzene rings is 1. The van der Waals surface area contributed by atoms with Gasteiger partial charge in [-0.3, -0.25) is 0 Å². The fraction of sp³-hybridized carbons (Fsp3) is 0. The van der Waals surface area contributed by atoms with Crippen LogP contribution in [-0.4, -0.2) is 21.0 Å². The van der Waals surface area contributed by atoms with Crippen molar-refractivity contribution in [3.05, 3.63) is 42.2 Å². The van der Waals surface area contributed by atoms with Gasteiger partial charge in [0.25, 0.3) is 0 Å². The minimum absolute atomic E-state index is 0.564. The third kappa shape index (κ3) is 1.77. The molecule has 0 aliphatic carbocycles. The lowest BCUT2D eigenvalue weighted by Crippen LogP contribution is -2.07.